The molecule has 18 heavy (non-hydrogen) atoms. The van der Waals surface area contributed by atoms with E-state index in [1.807, 2.05) is 0 Å². The summed E-state index contributed by atoms with van der Waals surface area (Å²) >= 11 is 0. The van der Waals surface area contributed by atoms with Crippen LogP contribution in [0.5, 0.6) is 0 Å². The second-order valence-electron chi connectivity index (χ2n) is 7.28. The molecule has 2 heteroatoms. The zero-order chi connectivity index (χ0) is 12.9. The van der Waals surface area contributed by atoms with Crippen molar-refractivity contribution in [1.29, 1.82) is 0 Å². The van der Waals surface area contributed by atoms with E-state index in [0.717, 1.165) is 17.8 Å². The fraction of sp³-hybridized carbons (Fsp3) is 0.938. The minimum atomic E-state index is 0.357. The number of amides is 1. The van der Waals surface area contributed by atoms with E-state index < -0.39 is 0 Å². The Hall–Kier alpha value is -0.530. The predicted octanol–water partition coefficient (Wildman–Crippen LogP) is 3.22. The number of nitrogens with one attached hydrogen (secondary N) is 1. The van der Waals surface area contributed by atoms with Gasteiger partial charge >= 0.3 is 0 Å². The van der Waals surface area contributed by atoms with Crippen LogP contribution in [-0.4, -0.2) is 11.9 Å². The summed E-state index contributed by atoms with van der Waals surface area (Å²) in [6, 6.07) is 0.507. The van der Waals surface area contributed by atoms with Crippen molar-refractivity contribution in [3.8, 4) is 0 Å². The van der Waals surface area contributed by atoms with Crippen LogP contribution in [0.4, 0.5) is 0 Å². The predicted molar refractivity (Wildman–Crippen MR) is 73.0 cm³/mol. The SMILES string of the molecule is CC(C)[C@@H]1CCC(C)[C@H]2C1[C@H]2C(=O)NC1CCC1. The van der Waals surface area contributed by atoms with Gasteiger partial charge < -0.3 is 5.32 Å². The third-order valence-electron chi connectivity index (χ3n) is 5.85. The quantitative estimate of drug-likeness (QED) is 0.817. The lowest BCUT2D eigenvalue weighted by atomic mass is 9.77. The molecule has 1 N–H and O–H groups in total. The standard InChI is InChI=1S/C16H27NO/c1-9(2)12-8-7-10(3)13-14(12)15(13)16(18)17-11-5-4-6-11/h9-15H,4-8H2,1-3H3,(H,17,18)/t10?,12-,13-,14?,15-/m0/s1. The van der Waals surface area contributed by atoms with Gasteiger partial charge in [0.2, 0.25) is 5.91 Å². The molecule has 3 aliphatic rings. The highest BCUT2D eigenvalue weighted by molar-refractivity contribution is 5.82. The van der Waals surface area contributed by atoms with Crippen molar-refractivity contribution in [2.75, 3.05) is 0 Å². The Balaban J connectivity index is 1.64. The van der Waals surface area contributed by atoms with E-state index in [9.17, 15) is 4.79 Å². The van der Waals surface area contributed by atoms with Gasteiger partial charge in [0.15, 0.2) is 0 Å². The van der Waals surface area contributed by atoms with E-state index in [-0.39, 0.29) is 0 Å². The van der Waals surface area contributed by atoms with Crippen LogP contribution >= 0.6 is 0 Å². The van der Waals surface area contributed by atoms with Crippen molar-refractivity contribution in [2.24, 2.45) is 35.5 Å². The molecule has 0 spiro atoms. The molecule has 0 saturated heterocycles. The Labute approximate surface area is 111 Å². The zero-order valence-corrected chi connectivity index (χ0v) is 12.0. The molecule has 0 bridgehead atoms. The Kier molecular flexibility index (Phi) is 3.15. The van der Waals surface area contributed by atoms with Crippen LogP contribution in [0.3, 0.4) is 0 Å². The van der Waals surface area contributed by atoms with Gasteiger partial charge in [0.05, 0.1) is 0 Å². The molecular weight excluding hydrogens is 222 g/mol. The summed E-state index contributed by atoms with van der Waals surface area (Å²) in [5, 5.41) is 3.28. The van der Waals surface area contributed by atoms with Gasteiger partial charge in [-0.25, -0.2) is 0 Å². The van der Waals surface area contributed by atoms with Crippen molar-refractivity contribution in [3.63, 3.8) is 0 Å². The van der Waals surface area contributed by atoms with Crippen LogP contribution in [0.2, 0.25) is 0 Å². The Morgan fingerprint density at radius 1 is 1.11 bits per heavy atom. The summed E-state index contributed by atoms with van der Waals surface area (Å²) in [6.45, 7) is 7.01. The molecule has 0 radical (unpaired) electrons. The molecule has 0 aromatic rings. The van der Waals surface area contributed by atoms with E-state index in [1.165, 1.54) is 32.1 Å². The van der Waals surface area contributed by atoms with E-state index in [1.54, 1.807) is 0 Å². The molecule has 102 valence electrons. The monoisotopic (exact) mass is 249 g/mol. The van der Waals surface area contributed by atoms with E-state index in [2.05, 4.69) is 26.1 Å². The summed E-state index contributed by atoms with van der Waals surface area (Å²) in [7, 11) is 0. The van der Waals surface area contributed by atoms with Crippen LogP contribution in [0.1, 0.15) is 52.9 Å². The summed E-state index contributed by atoms with van der Waals surface area (Å²) in [6.07, 6.45) is 6.38. The number of hydrogen-bond acceptors (Lipinski definition) is 1. The Morgan fingerprint density at radius 3 is 2.39 bits per heavy atom. The van der Waals surface area contributed by atoms with E-state index in [0.29, 0.717) is 29.7 Å². The smallest absolute Gasteiger partial charge is 0.223 e. The molecule has 2 unspecified atom stereocenters. The lowest BCUT2D eigenvalue weighted by Crippen LogP contribution is -2.41. The average molecular weight is 249 g/mol. The van der Waals surface area contributed by atoms with Crippen molar-refractivity contribution in [3.05, 3.63) is 0 Å². The van der Waals surface area contributed by atoms with Gasteiger partial charge in [0, 0.05) is 12.0 Å². The highest BCUT2D eigenvalue weighted by Gasteiger charge is 2.61. The normalized spacial score (nSPS) is 43.2. The van der Waals surface area contributed by atoms with Gasteiger partial charge in [-0.2, -0.15) is 0 Å². The lowest BCUT2D eigenvalue weighted by molar-refractivity contribution is -0.124. The first kappa shape index (κ1) is 12.5. The number of hydrogen-bond donors (Lipinski definition) is 1. The minimum Gasteiger partial charge on any atom is -0.353 e. The van der Waals surface area contributed by atoms with Crippen molar-refractivity contribution >= 4 is 5.91 Å². The minimum absolute atomic E-state index is 0.357. The van der Waals surface area contributed by atoms with Crippen molar-refractivity contribution < 1.29 is 4.79 Å². The van der Waals surface area contributed by atoms with E-state index in [4.69, 9.17) is 0 Å². The second kappa shape index (κ2) is 4.54. The van der Waals surface area contributed by atoms with Crippen molar-refractivity contribution in [1.82, 2.24) is 5.32 Å². The average Bonchev–Trinajstić information content (AvgIpc) is 2.99. The van der Waals surface area contributed by atoms with Gasteiger partial charge in [-0.15, -0.1) is 0 Å². The fourth-order valence-corrected chi connectivity index (χ4v) is 4.46. The molecule has 0 aliphatic heterocycles. The Morgan fingerprint density at radius 2 is 1.83 bits per heavy atom. The van der Waals surface area contributed by atoms with Gasteiger partial charge in [-0.3, -0.25) is 4.79 Å². The summed E-state index contributed by atoms with van der Waals surface area (Å²) in [5.41, 5.74) is 0. The number of rotatable bonds is 3. The molecular formula is C16H27NO. The number of carbonyl (C=O) groups is 1. The first-order chi connectivity index (χ1) is 8.59. The van der Waals surface area contributed by atoms with Gasteiger partial charge in [0.25, 0.3) is 0 Å². The third-order valence-corrected chi connectivity index (χ3v) is 5.85. The molecule has 5 atom stereocenters. The van der Waals surface area contributed by atoms with Crippen LogP contribution in [0.25, 0.3) is 0 Å². The molecule has 2 nitrogen and oxygen atoms in total. The highest BCUT2D eigenvalue weighted by Crippen LogP contribution is 2.62. The molecule has 0 aromatic heterocycles. The highest BCUT2D eigenvalue weighted by atomic mass is 16.2. The summed E-state index contributed by atoms with van der Waals surface area (Å²) in [4.78, 5) is 12.4. The zero-order valence-electron chi connectivity index (χ0n) is 12.0. The number of carbonyl (C=O) groups excluding carboxylic acids is 1. The molecule has 3 aliphatic carbocycles. The topological polar surface area (TPSA) is 29.1 Å². The second-order valence-corrected chi connectivity index (χ2v) is 7.28. The third kappa shape index (κ3) is 1.98. The van der Waals surface area contributed by atoms with Crippen LogP contribution < -0.4 is 5.32 Å². The maximum absolute atomic E-state index is 12.4. The molecule has 3 rings (SSSR count). The van der Waals surface area contributed by atoms with Gasteiger partial charge in [-0.1, -0.05) is 27.2 Å². The largest absolute Gasteiger partial charge is 0.353 e. The fourth-order valence-electron chi connectivity index (χ4n) is 4.46. The molecule has 3 fully saturated rings. The summed E-state index contributed by atoms with van der Waals surface area (Å²) in [5.74, 6) is 4.45. The van der Waals surface area contributed by atoms with Crippen molar-refractivity contribution in [2.45, 2.75) is 58.9 Å². The van der Waals surface area contributed by atoms with Gasteiger partial charge in [-0.05, 0) is 55.3 Å². The maximum Gasteiger partial charge on any atom is 0.223 e. The van der Waals surface area contributed by atoms with Crippen LogP contribution in [0, 0.1) is 35.5 Å². The first-order valence-corrected chi connectivity index (χ1v) is 7.90. The molecule has 1 amide bonds. The number of fused-ring (bicyclic) bond motifs is 1. The maximum atomic E-state index is 12.4. The molecule has 0 aromatic carbocycles. The van der Waals surface area contributed by atoms with E-state index >= 15 is 0 Å². The molecule has 3 saturated carbocycles. The van der Waals surface area contributed by atoms with Crippen LogP contribution in [-0.2, 0) is 4.79 Å². The molecule has 0 heterocycles. The lowest BCUT2D eigenvalue weighted by Gasteiger charge is -2.28. The van der Waals surface area contributed by atoms with Gasteiger partial charge in [0.1, 0.15) is 0 Å². The first-order valence-electron chi connectivity index (χ1n) is 7.90. The Bertz CT molecular complexity index is 334. The van der Waals surface area contributed by atoms with Crippen LogP contribution in [0.15, 0.2) is 0 Å². The summed E-state index contributed by atoms with van der Waals surface area (Å²) < 4.78 is 0.